The quantitative estimate of drug-likeness (QED) is 0.934. The van der Waals surface area contributed by atoms with E-state index in [0.29, 0.717) is 6.61 Å². The van der Waals surface area contributed by atoms with E-state index in [1.54, 1.807) is 7.11 Å². The molecule has 2 aromatic rings. The number of aliphatic hydroxyl groups is 1. The molecule has 0 aliphatic heterocycles. The topological polar surface area (TPSA) is 34.4 Å². The molecule has 3 rings (SSSR count). The second-order valence-corrected chi connectivity index (χ2v) is 6.71. The van der Waals surface area contributed by atoms with Crippen molar-refractivity contribution >= 4 is 0 Å². The number of methoxy groups -OCH3 is 1. The summed E-state index contributed by atoms with van der Waals surface area (Å²) >= 11 is 0. The summed E-state index contributed by atoms with van der Waals surface area (Å²) in [4.78, 5) is 0. The Kier molecular flexibility index (Phi) is 3.64. The minimum Gasteiger partial charge on any atom is -0.388 e. The van der Waals surface area contributed by atoms with E-state index in [4.69, 9.17) is 4.74 Å². The van der Waals surface area contributed by atoms with Crippen LogP contribution in [0.4, 0.5) is 0 Å². The number of benzene rings is 1. The van der Waals surface area contributed by atoms with Crippen molar-refractivity contribution in [1.82, 2.24) is 4.57 Å². The lowest BCUT2D eigenvalue weighted by atomic mass is 9.75. The van der Waals surface area contributed by atoms with E-state index in [1.165, 1.54) is 5.69 Å². The summed E-state index contributed by atoms with van der Waals surface area (Å²) in [5.41, 5.74) is 4.73. The van der Waals surface area contributed by atoms with Crippen molar-refractivity contribution in [1.29, 1.82) is 0 Å². The number of aromatic nitrogens is 1. The Bertz CT molecular complexity index is 642. The van der Waals surface area contributed by atoms with Crippen LogP contribution in [-0.2, 0) is 17.8 Å². The first-order valence-electron chi connectivity index (χ1n) is 7.47. The lowest BCUT2D eigenvalue weighted by molar-refractivity contribution is 0.0986. The van der Waals surface area contributed by atoms with Gasteiger partial charge in [-0.1, -0.05) is 32.0 Å². The van der Waals surface area contributed by atoms with E-state index in [0.717, 1.165) is 29.7 Å². The minimum absolute atomic E-state index is 0.124. The highest BCUT2D eigenvalue weighted by atomic mass is 16.5. The molecule has 1 atom stereocenters. The maximum absolute atomic E-state index is 10.4. The molecule has 0 radical (unpaired) electrons. The van der Waals surface area contributed by atoms with Gasteiger partial charge in [0.05, 0.1) is 18.4 Å². The molecule has 1 aliphatic carbocycles. The summed E-state index contributed by atoms with van der Waals surface area (Å²) < 4.78 is 7.53. The van der Waals surface area contributed by atoms with Gasteiger partial charge in [0.2, 0.25) is 0 Å². The van der Waals surface area contributed by atoms with Crippen molar-refractivity contribution in [2.75, 3.05) is 7.11 Å². The van der Waals surface area contributed by atoms with Crippen molar-refractivity contribution in [3.05, 3.63) is 53.3 Å². The average molecular weight is 285 g/mol. The van der Waals surface area contributed by atoms with E-state index in [1.807, 2.05) is 12.1 Å². The van der Waals surface area contributed by atoms with Crippen LogP contribution in [0.5, 0.6) is 0 Å². The van der Waals surface area contributed by atoms with Gasteiger partial charge in [0.15, 0.2) is 0 Å². The highest BCUT2D eigenvalue weighted by molar-refractivity contribution is 5.45. The Morgan fingerprint density at radius 3 is 2.81 bits per heavy atom. The number of rotatable bonds is 3. The smallest absolute Gasteiger partial charge is 0.0812 e. The maximum Gasteiger partial charge on any atom is 0.0812 e. The molecule has 1 aromatic heterocycles. The lowest BCUT2D eigenvalue weighted by Gasteiger charge is -2.34. The summed E-state index contributed by atoms with van der Waals surface area (Å²) in [6.45, 7) is 5.03. The van der Waals surface area contributed by atoms with Gasteiger partial charge in [-0.25, -0.2) is 0 Å². The zero-order valence-electron chi connectivity index (χ0n) is 13.0. The molecule has 0 amide bonds. The number of fused-ring (bicyclic) bond motifs is 1. The fraction of sp³-hybridized carbons (Fsp3) is 0.444. The van der Waals surface area contributed by atoms with Crippen LogP contribution in [0.1, 0.15) is 43.2 Å². The van der Waals surface area contributed by atoms with Gasteiger partial charge in [-0.3, -0.25) is 0 Å². The first kappa shape index (κ1) is 14.4. The molecule has 1 aliphatic rings. The molecule has 21 heavy (non-hydrogen) atoms. The minimum atomic E-state index is -0.361. The first-order valence-corrected chi connectivity index (χ1v) is 7.47. The summed E-state index contributed by atoms with van der Waals surface area (Å²) in [6.07, 6.45) is 3.51. The van der Waals surface area contributed by atoms with Gasteiger partial charge in [-0.2, -0.15) is 0 Å². The molecular weight excluding hydrogens is 262 g/mol. The standard InChI is InChI=1S/C18H23NO2/c1-18(2)10-16-14(17(20)11-18)8-9-19(16)15-7-5-4-6-13(15)12-21-3/h4-9,17,20H,10-12H2,1-3H3. The van der Waals surface area contributed by atoms with Gasteiger partial charge in [-0.05, 0) is 30.4 Å². The normalized spacial score (nSPS) is 20.3. The van der Waals surface area contributed by atoms with E-state index in [2.05, 4.69) is 42.8 Å². The number of hydrogen-bond acceptors (Lipinski definition) is 2. The van der Waals surface area contributed by atoms with Crippen LogP contribution in [0.2, 0.25) is 0 Å². The second kappa shape index (κ2) is 5.32. The highest BCUT2D eigenvalue weighted by Crippen LogP contribution is 2.42. The third-order valence-corrected chi connectivity index (χ3v) is 4.33. The van der Waals surface area contributed by atoms with Crippen molar-refractivity contribution in [3.8, 4) is 5.69 Å². The van der Waals surface area contributed by atoms with Crippen molar-refractivity contribution < 1.29 is 9.84 Å². The van der Waals surface area contributed by atoms with Crippen molar-refractivity contribution in [2.24, 2.45) is 5.41 Å². The fourth-order valence-corrected chi connectivity index (χ4v) is 3.38. The molecule has 3 heteroatoms. The SMILES string of the molecule is COCc1ccccc1-n1ccc2c1CC(C)(C)CC2O. The van der Waals surface area contributed by atoms with Gasteiger partial charge in [0, 0.05) is 30.1 Å². The van der Waals surface area contributed by atoms with E-state index in [9.17, 15) is 5.11 Å². The number of ether oxygens (including phenoxy) is 1. The predicted octanol–water partition coefficient (Wildman–Crippen LogP) is 3.63. The largest absolute Gasteiger partial charge is 0.388 e. The zero-order valence-corrected chi connectivity index (χ0v) is 13.0. The Hall–Kier alpha value is -1.58. The van der Waals surface area contributed by atoms with Crippen LogP contribution in [0.3, 0.4) is 0 Å². The summed E-state index contributed by atoms with van der Waals surface area (Å²) in [5, 5.41) is 10.4. The van der Waals surface area contributed by atoms with Crippen LogP contribution in [-0.4, -0.2) is 16.8 Å². The molecule has 1 unspecified atom stereocenters. The monoisotopic (exact) mass is 285 g/mol. The fourth-order valence-electron chi connectivity index (χ4n) is 3.38. The van der Waals surface area contributed by atoms with Gasteiger partial charge in [0.1, 0.15) is 0 Å². The predicted molar refractivity (Wildman–Crippen MR) is 83.5 cm³/mol. The maximum atomic E-state index is 10.4. The summed E-state index contributed by atoms with van der Waals surface area (Å²) in [7, 11) is 1.72. The van der Waals surface area contributed by atoms with Crippen molar-refractivity contribution in [3.63, 3.8) is 0 Å². The molecule has 0 bridgehead atoms. The average Bonchev–Trinajstić information content (AvgIpc) is 2.82. The molecule has 0 saturated carbocycles. The zero-order chi connectivity index (χ0) is 15.0. The van der Waals surface area contributed by atoms with Gasteiger partial charge in [-0.15, -0.1) is 0 Å². The Balaban J connectivity index is 2.10. The molecule has 112 valence electrons. The summed E-state index contributed by atoms with van der Waals surface area (Å²) in [5.74, 6) is 0. The first-order chi connectivity index (χ1) is 10.0. The molecular formula is C18H23NO2. The number of aliphatic hydroxyl groups excluding tert-OH is 1. The number of nitrogens with zero attached hydrogens (tertiary/aromatic N) is 1. The van der Waals surface area contributed by atoms with E-state index < -0.39 is 0 Å². The van der Waals surface area contributed by atoms with E-state index in [-0.39, 0.29) is 11.5 Å². The van der Waals surface area contributed by atoms with Gasteiger partial charge in [0.25, 0.3) is 0 Å². The molecule has 3 nitrogen and oxygen atoms in total. The van der Waals surface area contributed by atoms with Gasteiger partial charge >= 0.3 is 0 Å². The van der Waals surface area contributed by atoms with Crippen LogP contribution in [0, 0.1) is 5.41 Å². The third kappa shape index (κ3) is 2.63. The molecule has 0 spiro atoms. The highest BCUT2D eigenvalue weighted by Gasteiger charge is 2.33. The Morgan fingerprint density at radius 1 is 1.29 bits per heavy atom. The Morgan fingerprint density at radius 2 is 2.05 bits per heavy atom. The number of hydrogen-bond donors (Lipinski definition) is 1. The van der Waals surface area contributed by atoms with Crippen LogP contribution in [0.15, 0.2) is 36.5 Å². The van der Waals surface area contributed by atoms with Crippen LogP contribution in [0.25, 0.3) is 5.69 Å². The molecule has 0 fully saturated rings. The molecule has 0 saturated heterocycles. The molecule has 1 N–H and O–H groups in total. The summed E-state index contributed by atoms with van der Waals surface area (Å²) in [6, 6.07) is 10.3. The molecule has 1 aromatic carbocycles. The number of para-hydroxylation sites is 1. The van der Waals surface area contributed by atoms with Crippen molar-refractivity contribution in [2.45, 2.75) is 39.4 Å². The van der Waals surface area contributed by atoms with Gasteiger partial charge < -0.3 is 14.4 Å². The third-order valence-electron chi connectivity index (χ3n) is 4.33. The molecule has 1 heterocycles. The van der Waals surface area contributed by atoms with Crippen LogP contribution >= 0.6 is 0 Å². The lowest BCUT2D eigenvalue weighted by Crippen LogP contribution is -2.26. The second-order valence-electron chi connectivity index (χ2n) is 6.71. The van der Waals surface area contributed by atoms with E-state index >= 15 is 0 Å². The Labute approximate surface area is 126 Å². The van der Waals surface area contributed by atoms with Crippen LogP contribution < -0.4 is 0 Å².